The summed E-state index contributed by atoms with van der Waals surface area (Å²) in [5.74, 6) is 0.841. The second-order valence-electron chi connectivity index (χ2n) is 6.89. The van der Waals surface area contributed by atoms with Crippen LogP contribution in [0.3, 0.4) is 0 Å². The third-order valence-electron chi connectivity index (χ3n) is 4.54. The predicted octanol–water partition coefficient (Wildman–Crippen LogP) is 4.55. The fourth-order valence-electron chi connectivity index (χ4n) is 3.02. The van der Waals surface area contributed by atoms with Gasteiger partial charge in [0.2, 0.25) is 15.9 Å². The fraction of sp³-hybridized carbons (Fsp3) is 0.174. The van der Waals surface area contributed by atoms with Gasteiger partial charge in [-0.15, -0.1) is 0 Å². The number of para-hydroxylation sites is 3. The van der Waals surface area contributed by atoms with Crippen LogP contribution < -0.4 is 23.8 Å². The average Bonchev–Trinajstić information content (AvgIpc) is 2.79. The van der Waals surface area contributed by atoms with Crippen molar-refractivity contribution in [2.24, 2.45) is 0 Å². The van der Waals surface area contributed by atoms with Crippen LogP contribution in [0.25, 0.3) is 0 Å². The lowest BCUT2D eigenvalue weighted by molar-refractivity contribution is -0.114. The van der Waals surface area contributed by atoms with Crippen LogP contribution in [0.4, 0.5) is 11.4 Å². The summed E-state index contributed by atoms with van der Waals surface area (Å²) >= 11 is 6.11. The highest BCUT2D eigenvalue weighted by atomic mass is 35.5. The second-order valence-corrected chi connectivity index (χ2v) is 9.20. The number of hydrogen-bond donors (Lipinski definition) is 1. The van der Waals surface area contributed by atoms with Gasteiger partial charge in [-0.25, -0.2) is 8.42 Å². The number of anilines is 2. The molecule has 1 amide bonds. The molecule has 0 aliphatic carbocycles. The Morgan fingerprint density at radius 1 is 0.939 bits per heavy atom. The Labute approximate surface area is 197 Å². The molecule has 10 heteroatoms. The number of hydrogen-bond acceptors (Lipinski definition) is 6. The van der Waals surface area contributed by atoms with Gasteiger partial charge >= 0.3 is 0 Å². The van der Waals surface area contributed by atoms with Crippen LogP contribution in [0.5, 0.6) is 23.0 Å². The van der Waals surface area contributed by atoms with E-state index >= 15 is 0 Å². The van der Waals surface area contributed by atoms with Gasteiger partial charge in [0.1, 0.15) is 23.8 Å². The van der Waals surface area contributed by atoms with Crippen molar-refractivity contribution in [3.8, 4) is 23.0 Å². The number of amides is 1. The third-order valence-corrected chi connectivity index (χ3v) is 5.96. The molecule has 0 spiro atoms. The van der Waals surface area contributed by atoms with E-state index in [4.69, 9.17) is 25.8 Å². The molecule has 0 aliphatic heterocycles. The minimum atomic E-state index is -3.84. The predicted molar refractivity (Wildman–Crippen MR) is 128 cm³/mol. The van der Waals surface area contributed by atoms with Crippen molar-refractivity contribution in [1.82, 2.24) is 0 Å². The number of carbonyl (C=O) groups excluding carboxylic acids is 1. The summed E-state index contributed by atoms with van der Waals surface area (Å²) in [6.45, 7) is -0.498. The summed E-state index contributed by atoms with van der Waals surface area (Å²) in [6.07, 6.45) is 1.02. The molecule has 0 aromatic heterocycles. The van der Waals surface area contributed by atoms with Crippen molar-refractivity contribution in [1.29, 1.82) is 0 Å². The van der Waals surface area contributed by atoms with E-state index in [2.05, 4.69) is 5.32 Å². The molecule has 0 saturated heterocycles. The first-order chi connectivity index (χ1) is 15.7. The van der Waals surface area contributed by atoms with Crippen molar-refractivity contribution in [2.45, 2.75) is 0 Å². The molecular weight excluding hydrogens is 468 g/mol. The largest absolute Gasteiger partial charge is 0.495 e. The van der Waals surface area contributed by atoms with Crippen LogP contribution in [-0.4, -0.2) is 41.3 Å². The number of benzene rings is 3. The Hall–Kier alpha value is -3.43. The van der Waals surface area contributed by atoms with Gasteiger partial charge < -0.3 is 19.5 Å². The molecule has 1 N–H and O–H groups in total. The highest BCUT2D eigenvalue weighted by Crippen LogP contribution is 2.36. The maximum atomic E-state index is 12.9. The third kappa shape index (κ3) is 6.09. The second kappa shape index (κ2) is 10.5. The first-order valence-electron chi connectivity index (χ1n) is 9.74. The van der Waals surface area contributed by atoms with E-state index in [-0.39, 0.29) is 17.1 Å². The highest BCUT2D eigenvalue weighted by Gasteiger charge is 2.25. The first-order valence-corrected chi connectivity index (χ1v) is 12.0. The summed E-state index contributed by atoms with van der Waals surface area (Å²) in [4.78, 5) is 12.9. The molecule has 8 nitrogen and oxygen atoms in total. The molecule has 0 heterocycles. The number of methoxy groups -OCH3 is 2. The monoisotopic (exact) mass is 490 g/mol. The van der Waals surface area contributed by atoms with Crippen LogP contribution >= 0.6 is 11.6 Å². The van der Waals surface area contributed by atoms with Gasteiger partial charge in [-0.05, 0) is 24.3 Å². The van der Waals surface area contributed by atoms with E-state index in [1.54, 1.807) is 48.5 Å². The van der Waals surface area contributed by atoms with E-state index in [0.29, 0.717) is 22.3 Å². The summed E-state index contributed by atoms with van der Waals surface area (Å²) in [5, 5.41) is 2.96. The van der Waals surface area contributed by atoms with E-state index in [1.165, 1.54) is 26.4 Å². The summed E-state index contributed by atoms with van der Waals surface area (Å²) in [7, 11) is -0.977. The molecule has 0 fully saturated rings. The van der Waals surface area contributed by atoms with Gasteiger partial charge in [-0.3, -0.25) is 9.10 Å². The minimum Gasteiger partial charge on any atom is -0.495 e. The summed E-state index contributed by atoms with van der Waals surface area (Å²) < 4.78 is 42.5. The Kier molecular flexibility index (Phi) is 7.67. The average molecular weight is 491 g/mol. The topological polar surface area (TPSA) is 94.2 Å². The number of ether oxygens (including phenoxy) is 3. The Morgan fingerprint density at radius 2 is 1.58 bits per heavy atom. The Morgan fingerprint density at radius 3 is 2.21 bits per heavy atom. The van der Waals surface area contributed by atoms with Crippen molar-refractivity contribution in [2.75, 3.05) is 36.6 Å². The molecule has 0 aliphatic rings. The standard InChI is InChI=1S/C23H23ClN2O6S/c1-30-21-14-18(22(31-2)13-17(21)24)25-23(27)15-26(33(3,28)29)19-11-7-8-12-20(19)32-16-9-5-4-6-10-16/h4-14H,15H2,1-3H3,(H,25,27). The zero-order valence-electron chi connectivity index (χ0n) is 18.2. The molecule has 0 saturated carbocycles. The van der Waals surface area contributed by atoms with Crippen molar-refractivity contribution < 1.29 is 27.4 Å². The molecule has 0 unspecified atom stereocenters. The number of nitrogens with one attached hydrogen (secondary N) is 1. The molecule has 0 atom stereocenters. The van der Waals surface area contributed by atoms with Crippen LogP contribution in [0.1, 0.15) is 0 Å². The number of rotatable bonds is 9. The number of halogens is 1. The lowest BCUT2D eigenvalue weighted by Gasteiger charge is -2.24. The lowest BCUT2D eigenvalue weighted by Crippen LogP contribution is -2.37. The van der Waals surface area contributed by atoms with Crippen molar-refractivity contribution in [3.63, 3.8) is 0 Å². The molecule has 174 valence electrons. The minimum absolute atomic E-state index is 0.222. The van der Waals surface area contributed by atoms with Gasteiger partial charge in [-0.2, -0.15) is 0 Å². The van der Waals surface area contributed by atoms with Crippen molar-refractivity contribution >= 4 is 38.9 Å². The van der Waals surface area contributed by atoms with Crippen LogP contribution in [0, 0.1) is 0 Å². The Balaban J connectivity index is 1.90. The van der Waals surface area contributed by atoms with E-state index in [1.807, 2.05) is 6.07 Å². The van der Waals surface area contributed by atoms with Gasteiger partial charge in [0.15, 0.2) is 5.75 Å². The van der Waals surface area contributed by atoms with Crippen molar-refractivity contribution in [3.05, 3.63) is 71.8 Å². The molecule has 3 rings (SSSR count). The molecule has 0 radical (unpaired) electrons. The normalized spacial score (nSPS) is 10.9. The van der Waals surface area contributed by atoms with Gasteiger partial charge in [0.25, 0.3) is 0 Å². The maximum Gasteiger partial charge on any atom is 0.245 e. The number of nitrogens with zero attached hydrogens (tertiary/aromatic N) is 1. The summed E-state index contributed by atoms with van der Waals surface area (Å²) in [6, 6.07) is 18.5. The van der Waals surface area contributed by atoms with E-state index < -0.39 is 22.5 Å². The van der Waals surface area contributed by atoms with E-state index in [0.717, 1.165) is 10.6 Å². The first kappa shape index (κ1) is 24.2. The smallest absolute Gasteiger partial charge is 0.245 e. The molecule has 3 aromatic rings. The zero-order chi connectivity index (χ0) is 24.0. The number of sulfonamides is 1. The SMILES string of the molecule is COc1cc(NC(=O)CN(c2ccccc2Oc2ccccc2)S(C)(=O)=O)c(OC)cc1Cl. The molecule has 3 aromatic carbocycles. The highest BCUT2D eigenvalue weighted by molar-refractivity contribution is 7.92. The van der Waals surface area contributed by atoms with Gasteiger partial charge in [-0.1, -0.05) is 41.9 Å². The Bertz CT molecular complexity index is 1230. The van der Waals surface area contributed by atoms with Gasteiger partial charge in [0.05, 0.1) is 36.9 Å². The lowest BCUT2D eigenvalue weighted by atomic mass is 10.2. The van der Waals surface area contributed by atoms with Crippen LogP contribution in [0.2, 0.25) is 5.02 Å². The number of carbonyl (C=O) groups is 1. The van der Waals surface area contributed by atoms with E-state index in [9.17, 15) is 13.2 Å². The van der Waals surface area contributed by atoms with Crippen LogP contribution in [0.15, 0.2) is 66.7 Å². The molecule has 0 bridgehead atoms. The van der Waals surface area contributed by atoms with Crippen LogP contribution in [-0.2, 0) is 14.8 Å². The molecular formula is C23H23ClN2O6S. The maximum absolute atomic E-state index is 12.9. The summed E-state index contributed by atoms with van der Waals surface area (Å²) in [5.41, 5.74) is 0.505. The molecule has 33 heavy (non-hydrogen) atoms. The zero-order valence-corrected chi connectivity index (χ0v) is 19.8. The van der Waals surface area contributed by atoms with Gasteiger partial charge in [0, 0.05) is 12.1 Å². The fourth-order valence-corrected chi connectivity index (χ4v) is 4.12. The quantitative estimate of drug-likeness (QED) is 0.472.